The van der Waals surface area contributed by atoms with E-state index in [0.717, 1.165) is 16.7 Å². The molecule has 4 rings (SSSR count). The molecule has 2 heterocycles. The number of sulfonamides is 2. The third-order valence-electron chi connectivity index (χ3n) is 5.53. The lowest BCUT2D eigenvalue weighted by Crippen LogP contribution is -2.35. The summed E-state index contributed by atoms with van der Waals surface area (Å²) in [6.07, 6.45) is 1.36. The molecular formula is C22H24N2O4S3. The number of rotatable bonds is 5. The van der Waals surface area contributed by atoms with E-state index >= 15 is 0 Å². The summed E-state index contributed by atoms with van der Waals surface area (Å²) in [5.41, 5.74) is 4.46. The van der Waals surface area contributed by atoms with Gasteiger partial charge in [-0.25, -0.2) is 16.8 Å². The van der Waals surface area contributed by atoms with Crippen molar-refractivity contribution in [1.29, 1.82) is 0 Å². The van der Waals surface area contributed by atoms with Crippen molar-refractivity contribution in [2.75, 3.05) is 15.6 Å². The number of nitrogens with zero attached hydrogens (tertiary/aromatic N) is 1. The summed E-state index contributed by atoms with van der Waals surface area (Å²) in [5, 5.41) is 1.74. The van der Waals surface area contributed by atoms with Crippen LogP contribution >= 0.6 is 11.3 Å². The Morgan fingerprint density at radius 2 is 1.68 bits per heavy atom. The van der Waals surface area contributed by atoms with Crippen LogP contribution in [0.1, 0.15) is 28.7 Å². The van der Waals surface area contributed by atoms with Gasteiger partial charge in [-0.15, -0.1) is 11.3 Å². The van der Waals surface area contributed by atoms with Gasteiger partial charge in [0.2, 0.25) is 0 Å². The number of hydrogen-bond donors (Lipinski definition) is 1. The average molecular weight is 477 g/mol. The number of fused-ring (bicyclic) bond motifs is 1. The summed E-state index contributed by atoms with van der Waals surface area (Å²) in [4.78, 5) is 0.246. The summed E-state index contributed by atoms with van der Waals surface area (Å²) in [6.45, 7) is 6.02. The lowest BCUT2D eigenvalue weighted by Gasteiger charge is -2.30. The minimum absolute atomic E-state index is 0.246. The molecule has 0 amide bonds. The highest BCUT2D eigenvalue weighted by molar-refractivity contribution is 7.94. The molecule has 0 atom stereocenters. The lowest BCUT2D eigenvalue weighted by molar-refractivity contribution is 0.588. The van der Waals surface area contributed by atoms with E-state index in [1.165, 1.54) is 15.6 Å². The van der Waals surface area contributed by atoms with Gasteiger partial charge < -0.3 is 0 Å². The molecule has 2 aromatic carbocycles. The SMILES string of the molecule is Cc1cc(C)c(S(=O)(=O)Nc2ccc3c(c2)CCCN3S(=O)(=O)c2cccs2)cc1C. The second-order valence-corrected chi connectivity index (χ2v) is 12.5. The summed E-state index contributed by atoms with van der Waals surface area (Å²) < 4.78 is 56.5. The highest BCUT2D eigenvalue weighted by Gasteiger charge is 2.30. The maximum atomic E-state index is 13.0. The molecule has 0 aliphatic carbocycles. The van der Waals surface area contributed by atoms with Crippen molar-refractivity contribution in [2.45, 2.75) is 42.7 Å². The van der Waals surface area contributed by atoms with Crippen LogP contribution in [0.15, 0.2) is 56.9 Å². The predicted octanol–water partition coefficient (Wildman–Crippen LogP) is 4.62. The molecule has 0 unspecified atom stereocenters. The highest BCUT2D eigenvalue weighted by Crippen LogP contribution is 2.35. The molecule has 9 heteroatoms. The van der Waals surface area contributed by atoms with E-state index in [4.69, 9.17) is 0 Å². The molecule has 3 aromatic rings. The highest BCUT2D eigenvalue weighted by atomic mass is 32.2. The Hall–Kier alpha value is -2.36. The number of hydrogen-bond acceptors (Lipinski definition) is 5. The fourth-order valence-corrected chi connectivity index (χ4v) is 7.84. The smallest absolute Gasteiger partial charge is 0.273 e. The van der Waals surface area contributed by atoms with Crippen molar-refractivity contribution < 1.29 is 16.8 Å². The van der Waals surface area contributed by atoms with Crippen LogP contribution < -0.4 is 9.03 Å². The molecule has 1 aliphatic heterocycles. The molecule has 0 radical (unpaired) electrons. The molecule has 0 saturated heterocycles. The fraction of sp³-hybridized carbons (Fsp3) is 0.273. The van der Waals surface area contributed by atoms with Gasteiger partial charge in [-0.1, -0.05) is 12.1 Å². The minimum Gasteiger partial charge on any atom is -0.280 e. The van der Waals surface area contributed by atoms with Crippen LogP contribution in [-0.2, 0) is 26.5 Å². The Bertz CT molecular complexity index is 1350. The molecule has 0 bridgehead atoms. The Kier molecular flexibility index (Phi) is 5.61. The van der Waals surface area contributed by atoms with Crippen LogP contribution in [0.25, 0.3) is 0 Å². The van der Waals surface area contributed by atoms with Crippen molar-refractivity contribution in [2.24, 2.45) is 0 Å². The minimum atomic E-state index is -3.77. The zero-order valence-corrected chi connectivity index (χ0v) is 20.0. The van der Waals surface area contributed by atoms with Gasteiger partial charge in [0, 0.05) is 12.2 Å². The van der Waals surface area contributed by atoms with Crippen LogP contribution in [0.3, 0.4) is 0 Å². The topological polar surface area (TPSA) is 83.6 Å². The molecule has 0 fully saturated rings. The second-order valence-electron chi connectivity index (χ2n) is 7.76. The van der Waals surface area contributed by atoms with Gasteiger partial charge in [-0.3, -0.25) is 9.03 Å². The summed E-state index contributed by atoms with van der Waals surface area (Å²) in [5.74, 6) is 0. The maximum Gasteiger partial charge on any atom is 0.273 e. The third kappa shape index (κ3) is 4.09. The first kappa shape index (κ1) is 21.9. The first-order valence-corrected chi connectivity index (χ1v) is 13.7. The molecule has 0 saturated carbocycles. The zero-order valence-electron chi connectivity index (χ0n) is 17.5. The van der Waals surface area contributed by atoms with E-state index in [-0.39, 0.29) is 4.90 Å². The fourth-order valence-electron chi connectivity index (χ4n) is 3.83. The van der Waals surface area contributed by atoms with Crippen LogP contribution in [0.5, 0.6) is 0 Å². The van der Waals surface area contributed by atoms with Crippen LogP contribution in [0.2, 0.25) is 0 Å². The lowest BCUT2D eigenvalue weighted by atomic mass is 10.0. The van der Waals surface area contributed by atoms with E-state index in [1.54, 1.807) is 48.7 Å². The van der Waals surface area contributed by atoms with Crippen molar-refractivity contribution in [3.63, 3.8) is 0 Å². The first-order chi connectivity index (χ1) is 14.6. The molecule has 1 aromatic heterocycles. The van der Waals surface area contributed by atoms with E-state index in [9.17, 15) is 16.8 Å². The number of benzene rings is 2. The Morgan fingerprint density at radius 3 is 2.39 bits per heavy atom. The summed E-state index contributed by atoms with van der Waals surface area (Å²) in [7, 11) is -7.39. The Labute approximate surface area is 187 Å². The Morgan fingerprint density at radius 1 is 0.935 bits per heavy atom. The first-order valence-electron chi connectivity index (χ1n) is 9.89. The van der Waals surface area contributed by atoms with Crippen molar-refractivity contribution in [1.82, 2.24) is 0 Å². The van der Waals surface area contributed by atoms with Gasteiger partial charge in [0.15, 0.2) is 0 Å². The van der Waals surface area contributed by atoms with Crippen molar-refractivity contribution in [3.05, 3.63) is 70.1 Å². The number of nitrogens with one attached hydrogen (secondary N) is 1. The monoisotopic (exact) mass is 476 g/mol. The number of thiophene rings is 1. The largest absolute Gasteiger partial charge is 0.280 e. The van der Waals surface area contributed by atoms with E-state index in [2.05, 4.69) is 4.72 Å². The van der Waals surface area contributed by atoms with E-state index in [1.807, 2.05) is 19.9 Å². The molecule has 0 spiro atoms. The molecular weight excluding hydrogens is 452 g/mol. The van der Waals surface area contributed by atoms with E-state index in [0.29, 0.717) is 40.5 Å². The maximum absolute atomic E-state index is 13.0. The Balaban J connectivity index is 1.67. The second kappa shape index (κ2) is 7.96. The molecule has 164 valence electrons. The third-order valence-corrected chi connectivity index (χ3v) is 10.2. The van der Waals surface area contributed by atoms with Crippen LogP contribution in [0, 0.1) is 20.8 Å². The standard InChI is InChI=1S/C22H24N2O4S3/c1-15-12-17(3)21(13-16(15)2)30(25,26)23-19-8-9-20-18(14-19)6-4-10-24(20)31(27,28)22-7-5-11-29-22/h5,7-9,11-14,23H,4,6,10H2,1-3H3. The number of anilines is 2. The van der Waals surface area contributed by atoms with Gasteiger partial charge in [0.1, 0.15) is 4.21 Å². The van der Waals surface area contributed by atoms with Gasteiger partial charge >= 0.3 is 0 Å². The molecule has 31 heavy (non-hydrogen) atoms. The van der Waals surface area contributed by atoms with E-state index < -0.39 is 20.0 Å². The molecule has 1 N–H and O–H groups in total. The number of aryl methyl sites for hydroxylation is 4. The van der Waals surface area contributed by atoms with Gasteiger partial charge in [-0.05, 0) is 91.6 Å². The van der Waals surface area contributed by atoms with Crippen LogP contribution in [0.4, 0.5) is 11.4 Å². The summed E-state index contributed by atoms with van der Waals surface area (Å²) in [6, 6.07) is 11.9. The van der Waals surface area contributed by atoms with Crippen LogP contribution in [-0.4, -0.2) is 23.4 Å². The zero-order chi connectivity index (χ0) is 22.4. The van der Waals surface area contributed by atoms with Gasteiger partial charge in [0.25, 0.3) is 20.0 Å². The normalized spacial score (nSPS) is 14.4. The van der Waals surface area contributed by atoms with Gasteiger partial charge in [-0.2, -0.15) is 0 Å². The molecule has 1 aliphatic rings. The predicted molar refractivity (Wildman–Crippen MR) is 125 cm³/mol. The molecule has 6 nitrogen and oxygen atoms in total. The van der Waals surface area contributed by atoms with Crippen molar-refractivity contribution >= 4 is 42.8 Å². The quantitative estimate of drug-likeness (QED) is 0.583. The van der Waals surface area contributed by atoms with Crippen molar-refractivity contribution in [3.8, 4) is 0 Å². The summed E-state index contributed by atoms with van der Waals surface area (Å²) >= 11 is 1.19. The van der Waals surface area contributed by atoms with Gasteiger partial charge in [0.05, 0.1) is 10.6 Å². The average Bonchev–Trinajstić information content (AvgIpc) is 3.25.